The van der Waals surface area contributed by atoms with Crippen LogP contribution in [0.15, 0.2) is 36.4 Å². The zero-order valence-corrected chi connectivity index (χ0v) is 13.4. The van der Waals surface area contributed by atoms with Crippen LogP contribution in [0, 0.1) is 27.7 Å². The molecule has 22 heavy (non-hydrogen) atoms. The van der Waals surface area contributed by atoms with Gasteiger partial charge in [-0.2, -0.15) is 4.68 Å². The molecule has 0 atom stereocenters. The minimum atomic E-state index is 0.568. The zero-order valence-electron chi connectivity index (χ0n) is 13.4. The molecule has 0 unspecified atom stereocenters. The van der Waals surface area contributed by atoms with E-state index in [1.165, 1.54) is 16.7 Å². The Bertz CT molecular complexity index is 826. The molecule has 0 amide bonds. The molecule has 2 aromatic carbocycles. The number of nitrogens with two attached hydrogens (primary N) is 1. The Labute approximate surface area is 130 Å². The number of nitrogens with zero attached hydrogens (tertiary/aromatic N) is 3. The number of rotatable bonds is 2. The van der Waals surface area contributed by atoms with Crippen LogP contribution >= 0.6 is 0 Å². The van der Waals surface area contributed by atoms with Crippen LogP contribution < -0.4 is 5.73 Å². The lowest BCUT2D eigenvalue weighted by Gasteiger charge is -2.08. The molecule has 0 aliphatic carbocycles. The van der Waals surface area contributed by atoms with Gasteiger partial charge in [0.25, 0.3) is 0 Å². The average molecular weight is 292 g/mol. The highest BCUT2D eigenvalue weighted by Gasteiger charge is 2.15. The van der Waals surface area contributed by atoms with Crippen molar-refractivity contribution >= 4 is 5.82 Å². The van der Waals surface area contributed by atoms with Crippen LogP contribution in [0.4, 0.5) is 5.82 Å². The second-order valence-corrected chi connectivity index (χ2v) is 5.90. The molecule has 3 rings (SSSR count). The van der Waals surface area contributed by atoms with E-state index in [1.807, 2.05) is 0 Å². The van der Waals surface area contributed by atoms with Crippen LogP contribution in [0.2, 0.25) is 0 Å². The molecule has 0 aliphatic rings. The fourth-order valence-electron chi connectivity index (χ4n) is 2.74. The van der Waals surface area contributed by atoms with Crippen molar-refractivity contribution in [2.75, 3.05) is 5.73 Å². The van der Waals surface area contributed by atoms with Crippen LogP contribution in [0.3, 0.4) is 0 Å². The highest BCUT2D eigenvalue weighted by Crippen LogP contribution is 2.29. The van der Waals surface area contributed by atoms with E-state index in [2.05, 4.69) is 74.4 Å². The van der Waals surface area contributed by atoms with E-state index in [4.69, 9.17) is 5.73 Å². The summed E-state index contributed by atoms with van der Waals surface area (Å²) in [5, 5.41) is 8.57. The van der Waals surface area contributed by atoms with Gasteiger partial charge in [-0.1, -0.05) is 29.0 Å². The Morgan fingerprint density at radius 3 is 2.23 bits per heavy atom. The van der Waals surface area contributed by atoms with Gasteiger partial charge in [-0.15, -0.1) is 5.10 Å². The van der Waals surface area contributed by atoms with E-state index in [9.17, 15) is 0 Å². The van der Waals surface area contributed by atoms with Crippen LogP contribution in [0.1, 0.15) is 22.3 Å². The minimum absolute atomic E-state index is 0.568. The van der Waals surface area contributed by atoms with E-state index >= 15 is 0 Å². The molecule has 0 fully saturated rings. The molecule has 1 heterocycles. The van der Waals surface area contributed by atoms with Gasteiger partial charge in [0.05, 0.1) is 5.69 Å². The number of benzene rings is 2. The summed E-state index contributed by atoms with van der Waals surface area (Å²) < 4.78 is 1.71. The molecule has 0 radical (unpaired) electrons. The zero-order chi connectivity index (χ0) is 15.9. The quantitative estimate of drug-likeness (QED) is 0.782. The van der Waals surface area contributed by atoms with Crippen LogP contribution in [0.5, 0.6) is 0 Å². The van der Waals surface area contributed by atoms with E-state index < -0.39 is 0 Å². The first-order valence-electron chi connectivity index (χ1n) is 7.33. The highest BCUT2D eigenvalue weighted by molar-refractivity contribution is 5.74. The first kappa shape index (κ1) is 14.3. The molecule has 0 saturated carbocycles. The molecule has 1 aromatic heterocycles. The third-order valence-electron chi connectivity index (χ3n) is 3.80. The minimum Gasteiger partial charge on any atom is -0.382 e. The number of hydrogen-bond acceptors (Lipinski definition) is 3. The van der Waals surface area contributed by atoms with Gasteiger partial charge in [-0.05, 0) is 62.6 Å². The summed E-state index contributed by atoms with van der Waals surface area (Å²) in [6.45, 7) is 8.25. The van der Waals surface area contributed by atoms with Crippen molar-refractivity contribution in [3.05, 3.63) is 58.7 Å². The van der Waals surface area contributed by atoms with Crippen molar-refractivity contribution in [3.8, 4) is 16.9 Å². The molecule has 4 nitrogen and oxygen atoms in total. The van der Waals surface area contributed by atoms with Crippen molar-refractivity contribution in [2.24, 2.45) is 0 Å². The lowest BCUT2D eigenvalue weighted by Crippen LogP contribution is -2.03. The molecule has 4 heteroatoms. The summed E-state index contributed by atoms with van der Waals surface area (Å²) in [6.07, 6.45) is 0. The first-order chi connectivity index (χ1) is 10.5. The molecular weight excluding hydrogens is 272 g/mol. The smallest absolute Gasteiger partial charge is 0.155 e. The predicted octanol–water partition coefficient (Wildman–Crippen LogP) is 3.75. The van der Waals surface area contributed by atoms with Crippen molar-refractivity contribution in [2.45, 2.75) is 27.7 Å². The lowest BCUT2D eigenvalue weighted by molar-refractivity contribution is 0.809. The second-order valence-electron chi connectivity index (χ2n) is 5.90. The second kappa shape index (κ2) is 5.30. The lowest BCUT2D eigenvalue weighted by atomic mass is 10.0. The van der Waals surface area contributed by atoms with Gasteiger partial charge in [0, 0.05) is 5.56 Å². The van der Waals surface area contributed by atoms with Crippen LogP contribution in [-0.4, -0.2) is 15.0 Å². The Hall–Kier alpha value is -2.62. The van der Waals surface area contributed by atoms with Gasteiger partial charge >= 0.3 is 0 Å². The molecular formula is C18H20N4. The molecule has 0 aliphatic heterocycles. The Morgan fingerprint density at radius 2 is 1.55 bits per heavy atom. The van der Waals surface area contributed by atoms with Gasteiger partial charge in [0.1, 0.15) is 5.69 Å². The number of nitrogen functional groups attached to an aromatic ring is 1. The summed E-state index contributed by atoms with van der Waals surface area (Å²) >= 11 is 0. The molecule has 0 spiro atoms. The largest absolute Gasteiger partial charge is 0.382 e. The number of hydrogen-bond donors (Lipinski definition) is 1. The van der Waals surface area contributed by atoms with Gasteiger partial charge in [-0.25, -0.2) is 0 Å². The molecule has 112 valence electrons. The molecule has 0 saturated heterocycles. The third kappa shape index (κ3) is 2.48. The maximum Gasteiger partial charge on any atom is 0.155 e. The Balaban J connectivity index is 2.15. The topological polar surface area (TPSA) is 56.7 Å². The van der Waals surface area contributed by atoms with Crippen molar-refractivity contribution in [1.82, 2.24) is 15.0 Å². The van der Waals surface area contributed by atoms with Gasteiger partial charge in [0.15, 0.2) is 5.82 Å². The maximum absolute atomic E-state index is 6.32. The summed E-state index contributed by atoms with van der Waals surface area (Å²) in [7, 11) is 0. The van der Waals surface area contributed by atoms with Gasteiger partial charge in [-0.3, -0.25) is 0 Å². The van der Waals surface area contributed by atoms with E-state index in [-0.39, 0.29) is 0 Å². The number of aromatic nitrogens is 3. The predicted molar refractivity (Wildman–Crippen MR) is 90.2 cm³/mol. The summed E-state index contributed by atoms with van der Waals surface area (Å²) in [5.41, 5.74) is 13.7. The summed E-state index contributed by atoms with van der Waals surface area (Å²) in [4.78, 5) is 0. The van der Waals surface area contributed by atoms with Gasteiger partial charge < -0.3 is 5.73 Å². The van der Waals surface area contributed by atoms with Crippen molar-refractivity contribution in [3.63, 3.8) is 0 Å². The fourth-order valence-corrected chi connectivity index (χ4v) is 2.74. The normalized spacial score (nSPS) is 10.9. The first-order valence-corrected chi connectivity index (χ1v) is 7.33. The third-order valence-corrected chi connectivity index (χ3v) is 3.80. The summed E-state index contributed by atoms with van der Waals surface area (Å²) in [5.74, 6) is 0.568. The van der Waals surface area contributed by atoms with Crippen LogP contribution in [-0.2, 0) is 0 Å². The van der Waals surface area contributed by atoms with E-state index in [0.717, 1.165) is 22.5 Å². The monoisotopic (exact) mass is 292 g/mol. The Kier molecular flexibility index (Phi) is 3.45. The maximum atomic E-state index is 6.32. The van der Waals surface area contributed by atoms with Crippen molar-refractivity contribution in [1.29, 1.82) is 0 Å². The SMILES string of the molecule is Cc1cc(C)cc(-n2nnc(-c3cc(C)ccc3C)c2N)c1. The van der Waals surface area contributed by atoms with Crippen molar-refractivity contribution < 1.29 is 0 Å². The number of aryl methyl sites for hydroxylation is 4. The average Bonchev–Trinajstić information content (AvgIpc) is 2.82. The number of anilines is 1. The van der Waals surface area contributed by atoms with E-state index in [0.29, 0.717) is 5.82 Å². The van der Waals surface area contributed by atoms with Crippen LogP contribution in [0.25, 0.3) is 16.9 Å². The molecule has 3 aromatic rings. The Morgan fingerprint density at radius 1 is 0.864 bits per heavy atom. The fraction of sp³-hybridized carbons (Fsp3) is 0.222. The van der Waals surface area contributed by atoms with Gasteiger partial charge in [0.2, 0.25) is 0 Å². The molecule has 0 bridgehead atoms. The molecule has 2 N–H and O–H groups in total. The standard InChI is InChI=1S/C18H20N4/c1-11-5-6-14(4)16(10-11)17-18(19)22(21-20-17)15-8-12(2)7-13(3)9-15/h5-10H,19H2,1-4H3. The highest BCUT2D eigenvalue weighted by atomic mass is 15.5. The summed E-state index contributed by atoms with van der Waals surface area (Å²) in [6, 6.07) is 12.5. The van der Waals surface area contributed by atoms with E-state index in [1.54, 1.807) is 4.68 Å².